The Morgan fingerprint density at radius 2 is 0.543 bits per heavy atom. The monoisotopic (exact) mass is 1070 g/mol. The summed E-state index contributed by atoms with van der Waals surface area (Å²) in [6.45, 7) is -5.47. The van der Waals surface area contributed by atoms with Crippen molar-refractivity contribution in [2.75, 3.05) is 51.1 Å². The molecule has 0 radical (unpaired) electrons. The molecular weight excluding hydrogens is 1000 g/mol. The zero-order valence-corrected chi connectivity index (χ0v) is 38.5. The minimum atomic E-state index is -2.17. The lowest BCUT2D eigenvalue weighted by atomic mass is 9.95. The van der Waals surface area contributed by atoms with Gasteiger partial charge in [-0.05, 0) is 5.75 Å². The van der Waals surface area contributed by atoms with Crippen LogP contribution in [0.15, 0.2) is 0 Å². The van der Waals surface area contributed by atoms with Crippen molar-refractivity contribution in [3.05, 3.63) is 0 Å². The molecule has 32 heteroatoms. The van der Waals surface area contributed by atoms with E-state index in [9.17, 15) is 97.0 Å². The molecule has 0 saturated carbocycles. The van der Waals surface area contributed by atoms with E-state index in [0.717, 1.165) is 11.8 Å². The quantitative estimate of drug-likeness (QED) is 0.0534. The highest BCUT2D eigenvalue weighted by molar-refractivity contribution is 8.00. The fraction of sp³-hybridized carbons (Fsp3) is 1.00. The van der Waals surface area contributed by atoms with Crippen LogP contribution in [0.1, 0.15) is 0 Å². The van der Waals surface area contributed by atoms with Crippen molar-refractivity contribution in [2.24, 2.45) is 0 Å². The molecule has 0 unspecified atom stereocenters. The van der Waals surface area contributed by atoms with E-state index >= 15 is 0 Å². The summed E-state index contributed by atoms with van der Waals surface area (Å²) in [6.07, 6.45) is -53.3. The molecule has 6 fully saturated rings. The van der Waals surface area contributed by atoms with Gasteiger partial charge in [0.05, 0.1) is 39.6 Å². The van der Waals surface area contributed by atoms with E-state index in [1.807, 2.05) is 0 Å². The molecule has 6 rings (SSSR count). The predicted octanol–water partition coefficient (Wildman–Crippen LogP) is -12.4. The van der Waals surface area contributed by atoms with E-state index in [1.54, 1.807) is 0 Å². The Bertz CT molecular complexity index is 1560. The molecule has 6 saturated heterocycles. The molecule has 30 nitrogen and oxygen atoms in total. The summed E-state index contributed by atoms with van der Waals surface area (Å²) in [6, 6.07) is 0. The normalized spacial score (nSPS) is 51.6. The third-order valence-electron chi connectivity index (χ3n) is 12.8. The Morgan fingerprint density at radius 1 is 0.300 bits per heavy atom. The molecule has 70 heavy (non-hydrogen) atoms. The van der Waals surface area contributed by atoms with Crippen LogP contribution in [-0.2, 0) is 52.1 Å². The van der Waals surface area contributed by atoms with Gasteiger partial charge in [0, 0.05) is 5.75 Å². The van der Waals surface area contributed by atoms with Crippen molar-refractivity contribution in [3.63, 3.8) is 0 Å². The van der Waals surface area contributed by atoms with Crippen LogP contribution in [0, 0.1) is 0 Å². The summed E-state index contributed by atoms with van der Waals surface area (Å²) in [7, 11) is 0. The molecule has 0 bridgehead atoms. The maximum Gasteiger partial charge on any atom is 0.187 e. The van der Waals surface area contributed by atoms with E-state index < -0.39 is 223 Å². The SMILES string of the molecule is OC[C@H]1O[C@H](O[C@H]2[C@H](O)[C@@H](O)[C@@H](O[C@H]3[C@H](O)[C@@H](O)[C@@H](O[C@H]4[C@H](O)[C@@H](O)[C@@H](O[C@H]5[C@H](O)[C@@H](O)[C@@H](O[C@H]6[C@H](O)[C@@H](O)[C@@H](SCCS)O[C@@H]6CO)O[C@@H]5CO)O[C@@H]4CO)O[C@@H]3CO)O[C@@H]2CO)[C@H](O)[C@@H](O)[C@@H]1O. The number of hydrogen-bond acceptors (Lipinski definition) is 32. The number of aliphatic hydroxyl groups is 19. The number of aliphatic hydroxyl groups excluding tert-OH is 19. The minimum Gasteiger partial charge on any atom is -0.394 e. The van der Waals surface area contributed by atoms with Crippen LogP contribution in [0.3, 0.4) is 0 Å². The van der Waals surface area contributed by atoms with Gasteiger partial charge in [0.15, 0.2) is 31.5 Å². The van der Waals surface area contributed by atoms with Gasteiger partial charge in [0.2, 0.25) is 0 Å². The fourth-order valence-corrected chi connectivity index (χ4v) is 10.0. The van der Waals surface area contributed by atoms with Crippen molar-refractivity contribution in [1.82, 2.24) is 0 Å². The highest BCUT2D eigenvalue weighted by Crippen LogP contribution is 2.37. The Labute approximate surface area is 407 Å². The summed E-state index contributed by atoms with van der Waals surface area (Å²) in [4.78, 5) is 0. The second-order valence-electron chi connectivity index (χ2n) is 17.3. The van der Waals surface area contributed by atoms with Gasteiger partial charge < -0.3 is 149 Å². The summed E-state index contributed by atoms with van der Waals surface area (Å²) in [5.74, 6) is 0.827. The lowest BCUT2D eigenvalue weighted by molar-refractivity contribution is -0.395. The van der Waals surface area contributed by atoms with Crippen LogP contribution in [0.25, 0.3) is 0 Å². The lowest BCUT2D eigenvalue weighted by Crippen LogP contribution is -2.68. The van der Waals surface area contributed by atoms with E-state index in [4.69, 9.17) is 52.1 Å². The first-order valence-corrected chi connectivity index (χ1v) is 23.9. The molecule has 30 atom stereocenters. The molecule has 6 aliphatic heterocycles. The van der Waals surface area contributed by atoms with Crippen LogP contribution in [0.5, 0.6) is 0 Å². The molecule has 19 N–H and O–H groups in total. The highest BCUT2D eigenvalue weighted by Gasteiger charge is 2.57. The maximum atomic E-state index is 11.3. The third-order valence-corrected chi connectivity index (χ3v) is 14.5. The smallest absolute Gasteiger partial charge is 0.187 e. The van der Waals surface area contributed by atoms with Crippen LogP contribution in [0.4, 0.5) is 0 Å². The van der Waals surface area contributed by atoms with Crippen LogP contribution >= 0.6 is 24.4 Å². The van der Waals surface area contributed by atoms with Crippen LogP contribution < -0.4 is 0 Å². The van der Waals surface area contributed by atoms with Crippen molar-refractivity contribution in [1.29, 1.82) is 0 Å². The summed E-state index contributed by atoms with van der Waals surface area (Å²) < 4.78 is 61.7. The van der Waals surface area contributed by atoms with E-state index in [-0.39, 0.29) is 0 Å². The molecule has 6 heterocycles. The minimum absolute atomic E-state index is 0.409. The first-order valence-electron chi connectivity index (χ1n) is 22.2. The van der Waals surface area contributed by atoms with Crippen molar-refractivity contribution in [2.45, 2.75) is 183 Å². The third kappa shape index (κ3) is 12.3. The largest absolute Gasteiger partial charge is 0.394 e. The molecule has 6 aliphatic rings. The average molecular weight is 1070 g/mol. The fourth-order valence-electron chi connectivity index (χ4n) is 8.81. The molecule has 0 aromatic rings. The topological polar surface area (TPSA) is 486 Å². The predicted molar refractivity (Wildman–Crippen MR) is 223 cm³/mol. The van der Waals surface area contributed by atoms with Crippen LogP contribution in [-0.4, -0.2) is 332 Å². The van der Waals surface area contributed by atoms with Gasteiger partial charge in [0.25, 0.3) is 0 Å². The molecule has 410 valence electrons. The van der Waals surface area contributed by atoms with Crippen LogP contribution in [0.2, 0.25) is 0 Å². The van der Waals surface area contributed by atoms with Gasteiger partial charge in [-0.3, -0.25) is 0 Å². The summed E-state index contributed by atoms with van der Waals surface area (Å²) in [5.41, 5.74) is -0.985. The molecule has 0 aromatic heterocycles. The molecule has 0 aliphatic carbocycles. The Balaban J connectivity index is 1.06. The van der Waals surface area contributed by atoms with Gasteiger partial charge in [-0.15, -0.1) is 11.8 Å². The number of rotatable bonds is 19. The second-order valence-corrected chi connectivity index (χ2v) is 19.0. The number of thiol groups is 1. The number of ether oxygens (including phenoxy) is 11. The Hall–Kier alpha value is -0.500. The first kappa shape index (κ1) is 58.8. The van der Waals surface area contributed by atoms with Gasteiger partial charge >= 0.3 is 0 Å². The number of hydrogen-bond donors (Lipinski definition) is 20. The van der Waals surface area contributed by atoms with Gasteiger partial charge in [0.1, 0.15) is 152 Å². The van der Waals surface area contributed by atoms with Crippen molar-refractivity contribution < 1.29 is 149 Å². The standard InChI is InChI=1S/C38H66O30S2/c39-3-9-15(45)16(46)22(52)33(58-9)64-28-10(4-40)59-34(23(53)17(28)47)65-29-11(5-41)60-35(24(54)18(29)48)66-30-12(6-42)61-36(25(55)19(30)49)67-31-13(7-43)62-37(26(56)20(31)50)68-32-14(8-44)63-38(70-2-1-69)27(57)21(32)51/h9-57,69H,1-8H2/t9-,10-,11-,12-,13-,14-,15-,16+,17-,18-,19-,20-,21-,22-,23-,24-,25-,26-,27-,28-,29-,30-,31-,32-,33-,34-,35-,36-,37-,38-/m1/s1. The van der Waals surface area contributed by atoms with Gasteiger partial charge in [-0.25, -0.2) is 0 Å². The zero-order chi connectivity index (χ0) is 51.5. The maximum absolute atomic E-state index is 11.3. The second kappa shape index (κ2) is 26.0. The Morgan fingerprint density at radius 3 is 0.814 bits per heavy atom. The van der Waals surface area contributed by atoms with Gasteiger partial charge in [-0.2, -0.15) is 12.6 Å². The van der Waals surface area contributed by atoms with E-state index in [0.29, 0.717) is 11.5 Å². The summed E-state index contributed by atoms with van der Waals surface area (Å²) in [5, 5.41) is 202. The Kier molecular flexibility index (Phi) is 21.8. The molecule has 0 spiro atoms. The van der Waals surface area contributed by atoms with Crippen molar-refractivity contribution >= 4 is 24.4 Å². The molecular formula is C38H66O30S2. The van der Waals surface area contributed by atoms with Gasteiger partial charge in [-0.1, -0.05) is 0 Å². The van der Waals surface area contributed by atoms with E-state index in [1.165, 1.54) is 0 Å². The molecule has 0 aromatic carbocycles. The summed E-state index contributed by atoms with van der Waals surface area (Å²) >= 11 is 5.21. The number of thioether (sulfide) groups is 1. The zero-order valence-electron chi connectivity index (χ0n) is 36.8. The first-order chi connectivity index (χ1) is 33.3. The highest BCUT2D eigenvalue weighted by atomic mass is 32.2. The lowest BCUT2D eigenvalue weighted by Gasteiger charge is -2.50. The molecule has 0 amide bonds. The average Bonchev–Trinajstić information content (AvgIpc) is 3.35. The van der Waals surface area contributed by atoms with E-state index in [2.05, 4.69) is 12.6 Å². The van der Waals surface area contributed by atoms with Crippen molar-refractivity contribution in [3.8, 4) is 0 Å².